The summed E-state index contributed by atoms with van der Waals surface area (Å²) in [4.78, 5) is 11.3. The molecular weight excluding hydrogens is 254 g/mol. The van der Waals surface area contributed by atoms with Gasteiger partial charge in [0, 0.05) is 6.61 Å². The van der Waals surface area contributed by atoms with E-state index in [9.17, 15) is 9.90 Å². The number of ether oxygens (including phenoxy) is 1. The Morgan fingerprint density at radius 1 is 1.35 bits per heavy atom. The first-order valence-corrected chi connectivity index (χ1v) is 7.99. The van der Waals surface area contributed by atoms with Gasteiger partial charge in [0.05, 0.1) is 6.10 Å². The smallest absolute Gasteiger partial charge is 0.323 e. The molecule has 1 rings (SSSR count). The SMILES string of the molecule is CCNC(C)(CCCOC1CCC(C)C(C)C1)C(=O)O. The molecule has 0 saturated heterocycles. The molecule has 1 fully saturated rings. The Morgan fingerprint density at radius 2 is 2.05 bits per heavy atom. The van der Waals surface area contributed by atoms with E-state index in [1.54, 1.807) is 6.92 Å². The maximum Gasteiger partial charge on any atom is 0.323 e. The molecule has 0 aromatic carbocycles. The minimum atomic E-state index is -0.827. The number of hydrogen-bond acceptors (Lipinski definition) is 3. The van der Waals surface area contributed by atoms with Gasteiger partial charge in [-0.15, -0.1) is 0 Å². The molecule has 1 saturated carbocycles. The molecule has 4 nitrogen and oxygen atoms in total. The van der Waals surface area contributed by atoms with Crippen LogP contribution in [-0.4, -0.2) is 35.9 Å². The highest BCUT2D eigenvalue weighted by molar-refractivity contribution is 5.78. The van der Waals surface area contributed by atoms with E-state index in [1.807, 2.05) is 6.92 Å². The van der Waals surface area contributed by atoms with E-state index in [2.05, 4.69) is 19.2 Å². The lowest BCUT2D eigenvalue weighted by Crippen LogP contribution is -2.49. The summed E-state index contributed by atoms with van der Waals surface area (Å²) >= 11 is 0. The van der Waals surface area contributed by atoms with Crippen LogP contribution in [-0.2, 0) is 9.53 Å². The van der Waals surface area contributed by atoms with E-state index >= 15 is 0 Å². The van der Waals surface area contributed by atoms with E-state index in [-0.39, 0.29) is 0 Å². The molecule has 0 aromatic heterocycles. The third-order valence-corrected chi connectivity index (χ3v) is 4.76. The van der Waals surface area contributed by atoms with Gasteiger partial charge in [-0.3, -0.25) is 4.79 Å². The summed E-state index contributed by atoms with van der Waals surface area (Å²) in [5.74, 6) is 0.762. The third kappa shape index (κ3) is 5.06. The van der Waals surface area contributed by atoms with Crippen molar-refractivity contribution in [2.24, 2.45) is 11.8 Å². The molecule has 2 N–H and O–H groups in total. The van der Waals surface area contributed by atoms with Crippen molar-refractivity contribution in [3.63, 3.8) is 0 Å². The average molecular weight is 285 g/mol. The molecule has 20 heavy (non-hydrogen) atoms. The molecular formula is C16H31NO3. The van der Waals surface area contributed by atoms with E-state index in [0.717, 1.165) is 31.1 Å². The lowest BCUT2D eigenvalue weighted by molar-refractivity contribution is -0.144. The fourth-order valence-electron chi connectivity index (χ4n) is 2.99. The Labute approximate surface area is 123 Å². The van der Waals surface area contributed by atoms with Crippen LogP contribution in [0.25, 0.3) is 0 Å². The quantitative estimate of drug-likeness (QED) is 0.673. The normalized spacial score (nSPS) is 29.9. The molecule has 0 aromatic rings. The predicted molar refractivity (Wildman–Crippen MR) is 80.9 cm³/mol. The first kappa shape index (κ1) is 17.4. The van der Waals surface area contributed by atoms with Gasteiger partial charge < -0.3 is 15.2 Å². The van der Waals surface area contributed by atoms with E-state index in [1.165, 1.54) is 6.42 Å². The Kier molecular flexibility index (Phi) is 6.96. The average Bonchev–Trinajstić information content (AvgIpc) is 2.39. The zero-order valence-corrected chi connectivity index (χ0v) is 13.4. The van der Waals surface area contributed by atoms with Gasteiger partial charge in [-0.25, -0.2) is 0 Å². The highest BCUT2D eigenvalue weighted by Gasteiger charge is 2.31. The van der Waals surface area contributed by atoms with Crippen LogP contribution in [0.1, 0.15) is 59.8 Å². The fraction of sp³-hybridized carbons (Fsp3) is 0.938. The van der Waals surface area contributed by atoms with Crippen molar-refractivity contribution in [1.29, 1.82) is 0 Å². The van der Waals surface area contributed by atoms with Crippen LogP contribution >= 0.6 is 0 Å². The van der Waals surface area contributed by atoms with Crippen LogP contribution in [0.2, 0.25) is 0 Å². The summed E-state index contributed by atoms with van der Waals surface area (Å²) in [7, 11) is 0. The zero-order valence-electron chi connectivity index (χ0n) is 13.4. The molecule has 4 atom stereocenters. The first-order valence-electron chi connectivity index (χ1n) is 7.99. The van der Waals surface area contributed by atoms with E-state index in [0.29, 0.717) is 25.7 Å². The van der Waals surface area contributed by atoms with Gasteiger partial charge in [0.1, 0.15) is 5.54 Å². The summed E-state index contributed by atoms with van der Waals surface area (Å²) in [5, 5.41) is 12.3. The van der Waals surface area contributed by atoms with Crippen LogP contribution in [0, 0.1) is 11.8 Å². The third-order valence-electron chi connectivity index (χ3n) is 4.76. The summed E-state index contributed by atoms with van der Waals surface area (Å²) in [6, 6.07) is 0. The van der Waals surface area contributed by atoms with Crippen molar-refractivity contribution >= 4 is 5.97 Å². The molecule has 4 heteroatoms. The molecule has 0 heterocycles. The van der Waals surface area contributed by atoms with Gasteiger partial charge >= 0.3 is 5.97 Å². The standard InChI is InChI=1S/C16H31NO3/c1-5-17-16(4,15(18)19)9-6-10-20-14-8-7-12(2)13(3)11-14/h12-14,17H,5-11H2,1-4H3,(H,18,19). The lowest BCUT2D eigenvalue weighted by Gasteiger charge is -2.32. The molecule has 1 aliphatic rings. The second-order valence-electron chi connectivity index (χ2n) is 6.53. The van der Waals surface area contributed by atoms with Crippen molar-refractivity contribution in [1.82, 2.24) is 5.32 Å². The monoisotopic (exact) mass is 285 g/mol. The highest BCUT2D eigenvalue weighted by Crippen LogP contribution is 2.31. The summed E-state index contributed by atoms with van der Waals surface area (Å²) in [5.41, 5.74) is -0.827. The van der Waals surface area contributed by atoms with E-state index < -0.39 is 11.5 Å². The number of rotatable bonds is 8. The summed E-state index contributed by atoms with van der Waals surface area (Å²) < 4.78 is 5.93. The Balaban J connectivity index is 2.25. The van der Waals surface area contributed by atoms with Crippen LogP contribution < -0.4 is 5.32 Å². The van der Waals surface area contributed by atoms with Crippen molar-refractivity contribution in [2.75, 3.05) is 13.2 Å². The van der Waals surface area contributed by atoms with Gasteiger partial charge in [-0.05, 0) is 57.4 Å². The largest absolute Gasteiger partial charge is 0.480 e. The summed E-state index contributed by atoms with van der Waals surface area (Å²) in [6.07, 6.45) is 5.30. The fourth-order valence-corrected chi connectivity index (χ4v) is 2.99. The van der Waals surface area contributed by atoms with Crippen LogP contribution in [0.5, 0.6) is 0 Å². The molecule has 0 bridgehead atoms. The maximum absolute atomic E-state index is 11.3. The molecule has 1 aliphatic carbocycles. The Morgan fingerprint density at radius 3 is 2.60 bits per heavy atom. The molecule has 0 amide bonds. The number of carbonyl (C=O) groups is 1. The molecule has 0 spiro atoms. The number of carboxylic acid groups (broad SMARTS) is 1. The highest BCUT2D eigenvalue weighted by atomic mass is 16.5. The molecule has 0 aliphatic heterocycles. The second kappa shape index (κ2) is 7.99. The maximum atomic E-state index is 11.3. The number of likely N-dealkylation sites (N-methyl/N-ethyl adjacent to an activating group) is 1. The van der Waals surface area contributed by atoms with Gasteiger partial charge in [-0.2, -0.15) is 0 Å². The number of carboxylic acids is 1. The van der Waals surface area contributed by atoms with Crippen LogP contribution in [0.15, 0.2) is 0 Å². The topological polar surface area (TPSA) is 58.6 Å². The van der Waals surface area contributed by atoms with Crippen molar-refractivity contribution in [3.05, 3.63) is 0 Å². The van der Waals surface area contributed by atoms with Gasteiger partial charge in [0.25, 0.3) is 0 Å². The molecule has 4 unspecified atom stereocenters. The van der Waals surface area contributed by atoms with Crippen LogP contribution in [0.3, 0.4) is 0 Å². The van der Waals surface area contributed by atoms with Crippen molar-refractivity contribution in [3.8, 4) is 0 Å². The first-order chi connectivity index (χ1) is 9.39. The van der Waals surface area contributed by atoms with Crippen molar-refractivity contribution in [2.45, 2.75) is 71.4 Å². The minimum absolute atomic E-state index is 0.372. The zero-order chi connectivity index (χ0) is 15.2. The molecule has 118 valence electrons. The van der Waals surface area contributed by atoms with Gasteiger partial charge in [0.15, 0.2) is 0 Å². The van der Waals surface area contributed by atoms with Crippen LogP contribution in [0.4, 0.5) is 0 Å². The lowest BCUT2D eigenvalue weighted by atomic mass is 9.80. The van der Waals surface area contributed by atoms with E-state index in [4.69, 9.17) is 4.74 Å². The van der Waals surface area contributed by atoms with Gasteiger partial charge in [0.2, 0.25) is 0 Å². The number of hydrogen-bond donors (Lipinski definition) is 2. The summed E-state index contributed by atoms with van der Waals surface area (Å²) in [6.45, 7) is 9.63. The Hall–Kier alpha value is -0.610. The minimum Gasteiger partial charge on any atom is -0.480 e. The number of nitrogens with one attached hydrogen (secondary N) is 1. The molecule has 0 radical (unpaired) electrons. The predicted octanol–water partition coefficient (Wildman–Crippen LogP) is 3.06. The number of aliphatic carboxylic acids is 1. The van der Waals surface area contributed by atoms with Crippen molar-refractivity contribution < 1.29 is 14.6 Å². The van der Waals surface area contributed by atoms with Gasteiger partial charge in [-0.1, -0.05) is 20.8 Å². The second-order valence-corrected chi connectivity index (χ2v) is 6.53. The Bertz CT molecular complexity index is 308.